The molecule has 0 saturated heterocycles. The van der Waals surface area contributed by atoms with Gasteiger partial charge >= 0.3 is 0 Å². The van der Waals surface area contributed by atoms with Gasteiger partial charge in [-0.05, 0) is 24.0 Å². The molecule has 0 radical (unpaired) electrons. The van der Waals surface area contributed by atoms with E-state index in [-0.39, 0.29) is 10.8 Å². The van der Waals surface area contributed by atoms with E-state index in [1.165, 1.54) is 4.68 Å². The Morgan fingerprint density at radius 3 is 2.37 bits per heavy atom. The maximum atomic E-state index is 14.5. The van der Waals surface area contributed by atoms with Gasteiger partial charge in [0.2, 0.25) is 5.95 Å². The summed E-state index contributed by atoms with van der Waals surface area (Å²) in [6.07, 6.45) is 1.61. The van der Waals surface area contributed by atoms with Crippen LogP contribution in [-0.4, -0.2) is 9.78 Å². The van der Waals surface area contributed by atoms with Gasteiger partial charge in [-0.2, -0.15) is 9.49 Å². The van der Waals surface area contributed by atoms with Crippen LogP contribution in [-0.2, 0) is 0 Å². The summed E-state index contributed by atoms with van der Waals surface area (Å²) in [5, 5.41) is 4.16. The van der Waals surface area contributed by atoms with Gasteiger partial charge in [-0.3, -0.25) is 0 Å². The number of halogens is 2. The van der Waals surface area contributed by atoms with Crippen molar-refractivity contribution in [1.29, 1.82) is 0 Å². The maximum Gasteiger partial charge on any atom is 0.220 e. The number of nitrogens with zero attached hydrogens (tertiary/aromatic N) is 2. The lowest BCUT2D eigenvalue weighted by Crippen LogP contribution is -2.11. The number of para-hydroxylation sites is 1. The molecule has 0 amide bonds. The Morgan fingerprint density at radius 1 is 1.16 bits per heavy atom. The molecule has 0 spiro atoms. The number of hydrogen-bond donors (Lipinski definition) is 0. The Hall–Kier alpha value is -1.16. The first kappa shape index (κ1) is 14.3. The average Bonchev–Trinajstić information content (AvgIpc) is 2.79. The van der Waals surface area contributed by atoms with Crippen LogP contribution in [0.5, 0.6) is 0 Å². The van der Waals surface area contributed by atoms with Gasteiger partial charge in [-0.15, -0.1) is 0 Å². The van der Waals surface area contributed by atoms with Crippen LogP contribution in [0.3, 0.4) is 0 Å². The Morgan fingerprint density at radius 2 is 1.79 bits per heavy atom. The Bertz CT molecular complexity index is 536. The Kier molecular flexibility index (Phi) is 4.40. The normalized spacial score (nSPS) is 14.6. The predicted octanol–water partition coefficient (Wildman–Crippen LogP) is 4.74. The summed E-state index contributed by atoms with van der Waals surface area (Å²) in [6.45, 7) is 6.39. The van der Waals surface area contributed by atoms with Crippen LogP contribution in [0.15, 0.2) is 36.5 Å². The summed E-state index contributed by atoms with van der Waals surface area (Å²) in [5.74, 6) is 0.521. The highest BCUT2D eigenvalue weighted by atomic mass is 79.9. The molecule has 0 saturated carbocycles. The second-order valence-corrected chi connectivity index (χ2v) is 6.13. The van der Waals surface area contributed by atoms with Crippen molar-refractivity contribution in [3.63, 3.8) is 0 Å². The molecule has 1 aromatic carbocycles. The van der Waals surface area contributed by atoms with E-state index in [1.54, 1.807) is 6.20 Å². The monoisotopic (exact) mass is 324 g/mol. The topological polar surface area (TPSA) is 17.8 Å². The van der Waals surface area contributed by atoms with Crippen molar-refractivity contribution < 1.29 is 4.39 Å². The largest absolute Gasteiger partial charge is 0.220 e. The van der Waals surface area contributed by atoms with Crippen molar-refractivity contribution in [2.75, 3.05) is 0 Å². The molecule has 19 heavy (non-hydrogen) atoms. The standard InChI is InChI=1S/C15H18BrFN2/c1-10(2)11(3)14(16)13-9-18-19(15(13)17)12-7-5-4-6-8-12/h4-11,14H,1-3H3. The highest BCUT2D eigenvalue weighted by Crippen LogP contribution is 2.36. The van der Waals surface area contributed by atoms with Crippen molar-refractivity contribution in [2.45, 2.75) is 25.6 Å². The molecule has 0 bridgehead atoms. The summed E-state index contributed by atoms with van der Waals surface area (Å²) >= 11 is 3.60. The lowest BCUT2D eigenvalue weighted by atomic mass is 9.92. The molecule has 4 heteroatoms. The van der Waals surface area contributed by atoms with E-state index in [0.717, 1.165) is 5.69 Å². The quantitative estimate of drug-likeness (QED) is 0.743. The number of alkyl halides is 1. The first-order valence-electron chi connectivity index (χ1n) is 6.45. The van der Waals surface area contributed by atoms with Crippen molar-refractivity contribution in [1.82, 2.24) is 9.78 Å². The minimum Gasteiger partial charge on any atom is -0.206 e. The molecule has 2 aromatic rings. The number of benzene rings is 1. The molecular formula is C15H18BrFN2. The van der Waals surface area contributed by atoms with Crippen LogP contribution < -0.4 is 0 Å². The SMILES string of the molecule is CC(C)C(C)C(Br)c1cnn(-c2ccccc2)c1F. The lowest BCUT2D eigenvalue weighted by Gasteiger charge is -2.20. The summed E-state index contributed by atoms with van der Waals surface area (Å²) in [4.78, 5) is -0.0232. The minimum atomic E-state index is -0.291. The van der Waals surface area contributed by atoms with Crippen molar-refractivity contribution in [2.24, 2.45) is 11.8 Å². The minimum absolute atomic E-state index is 0.0232. The highest BCUT2D eigenvalue weighted by Gasteiger charge is 2.25. The van der Waals surface area contributed by atoms with Gasteiger partial charge in [-0.1, -0.05) is 54.9 Å². The third-order valence-corrected chi connectivity index (χ3v) is 4.87. The van der Waals surface area contributed by atoms with Crippen LogP contribution in [0.2, 0.25) is 0 Å². The van der Waals surface area contributed by atoms with Gasteiger partial charge in [0, 0.05) is 10.4 Å². The Labute approximate surface area is 121 Å². The third kappa shape index (κ3) is 2.89. The molecule has 2 nitrogen and oxygen atoms in total. The van der Waals surface area contributed by atoms with Crippen LogP contribution in [0, 0.1) is 17.8 Å². The molecule has 1 aromatic heterocycles. The number of rotatable bonds is 4. The second-order valence-electron chi connectivity index (χ2n) is 5.14. The highest BCUT2D eigenvalue weighted by molar-refractivity contribution is 9.09. The average molecular weight is 325 g/mol. The third-order valence-electron chi connectivity index (χ3n) is 3.55. The van der Waals surface area contributed by atoms with Gasteiger partial charge in [0.1, 0.15) is 0 Å². The van der Waals surface area contributed by atoms with Crippen LogP contribution in [0.25, 0.3) is 5.69 Å². The zero-order valence-electron chi connectivity index (χ0n) is 11.3. The van der Waals surface area contributed by atoms with Gasteiger partial charge in [-0.25, -0.2) is 4.68 Å². The van der Waals surface area contributed by atoms with E-state index >= 15 is 0 Å². The molecule has 2 rings (SSSR count). The Balaban J connectivity index is 2.34. The second kappa shape index (κ2) is 5.87. The molecule has 0 aliphatic heterocycles. The fraction of sp³-hybridized carbons (Fsp3) is 0.400. The number of hydrogen-bond acceptors (Lipinski definition) is 1. The molecule has 102 valence electrons. The fourth-order valence-electron chi connectivity index (χ4n) is 1.90. The molecule has 0 N–H and O–H groups in total. The molecule has 0 fully saturated rings. The van der Waals surface area contributed by atoms with Gasteiger partial charge in [0.25, 0.3) is 0 Å². The summed E-state index contributed by atoms with van der Waals surface area (Å²) in [7, 11) is 0. The first-order valence-corrected chi connectivity index (χ1v) is 7.37. The maximum absolute atomic E-state index is 14.5. The van der Waals surface area contributed by atoms with Gasteiger partial charge in [0.05, 0.1) is 11.9 Å². The predicted molar refractivity (Wildman–Crippen MR) is 79.2 cm³/mol. The lowest BCUT2D eigenvalue weighted by molar-refractivity contribution is 0.405. The summed E-state index contributed by atoms with van der Waals surface area (Å²) in [6, 6.07) is 9.33. The zero-order chi connectivity index (χ0) is 14.0. The van der Waals surface area contributed by atoms with Crippen LogP contribution in [0.4, 0.5) is 4.39 Å². The summed E-state index contributed by atoms with van der Waals surface area (Å²) in [5.41, 5.74) is 1.35. The van der Waals surface area contributed by atoms with Gasteiger partial charge in [0.15, 0.2) is 0 Å². The fourth-order valence-corrected chi connectivity index (χ4v) is 2.82. The van der Waals surface area contributed by atoms with E-state index in [2.05, 4.69) is 41.8 Å². The molecule has 1 heterocycles. The van der Waals surface area contributed by atoms with E-state index in [0.29, 0.717) is 17.4 Å². The molecule has 0 aliphatic carbocycles. The van der Waals surface area contributed by atoms with E-state index in [4.69, 9.17) is 0 Å². The van der Waals surface area contributed by atoms with Crippen molar-refractivity contribution in [3.05, 3.63) is 48.0 Å². The zero-order valence-corrected chi connectivity index (χ0v) is 12.9. The van der Waals surface area contributed by atoms with Crippen LogP contribution in [0.1, 0.15) is 31.2 Å². The molecular weight excluding hydrogens is 307 g/mol. The molecule has 2 atom stereocenters. The van der Waals surface area contributed by atoms with Gasteiger partial charge < -0.3 is 0 Å². The van der Waals surface area contributed by atoms with Crippen molar-refractivity contribution in [3.8, 4) is 5.69 Å². The van der Waals surface area contributed by atoms with Crippen LogP contribution >= 0.6 is 15.9 Å². The molecule has 0 aliphatic rings. The van der Waals surface area contributed by atoms with Crippen molar-refractivity contribution >= 4 is 15.9 Å². The molecule has 2 unspecified atom stereocenters. The first-order chi connectivity index (χ1) is 9.02. The number of aromatic nitrogens is 2. The smallest absolute Gasteiger partial charge is 0.206 e. The van der Waals surface area contributed by atoms with E-state index in [9.17, 15) is 4.39 Å². The van der Waals surface area contributed by atoms with E-state index in [1.807, 2.05) is 30.3 Å². The summed E-state index contributed by atoms with van der Waals surface area (Å²) < 4.78 is 15.8. The van der Waals surface area contributed by atoms with E-state index < -0.39 is 0 Å².